The Morgan fingerprint density at radius 2 is 1.88 bits per heavy atom. The minimum absolute atomic E-state index is 0.246. The number of carbonyl (C=O) groups is 1. The predicted molar refractivity (Wildman–Crippen MR) is 160 cm³/mol. The smallest absolute Gasteiger partial charge is 0.408 e. The summed E-state index contributed by atoms with van der Waals surface area (Å²) in [4.78, 5) is 25.2. The fourth-order valence-corrected chi connectivity index (χ4v) is 5.64. The number of aromatic nitrogens is 4. The summed E-state index contributed by atoms with van der Waals surface area (Å²) >= 11 is 6.36. The lowest BCUT2D eigenvalue weighted by molar-refractivity contribution is 0.171. The molecule has 5 rings (SSSR count). The largest absolute Gasteiger partial charge is 0.767 e. The average molecular weight is 575 g/mol. The molecule has 0 saturated heterocycles. The molecule has 2 aromatic carbocycles. The fourth-order valence-electron chi connectivity index (χ4n) is 5.45. The van der Waals surface area contributed by atoms with E-state index >= 15 is 0 Å². The van der Waals surface area contributed by atoms with Gasteiger partial charge in [0.1, 0.15) is 11.2 Å². The first kappa shape index (κ1) is 28.5. The number of halogens is 1. The minimum atomic E-state index is -1.20. The molecule has 1 aliphatic carbocycles. The number of benzene rings is 2. The van der Waals surface area contributed by atoms with Crippen molar-refractivity contribution >= 4 is 40.7 Å². The lowest BCUT2D eigenvalue weighted by Crippen LogP contribution is -2.26. The number of amides is 1. The Morgan fingerprint density at radius 1 is 1.15 bits per heavy atom. The third-order valence-corrected chi connectivity index (χ3v) is 7.83. The highest BCUT2D eigenvalue weighted by atomic mass is 35.5. The van der Waals surface area contributed by atoms with E-state index in [-0.39, 0.29) is 11.5 Å². The molecule has 1 saturated carbocycles. The Kier molecular flexibility index (Phi) is 8.51. The van der Waals surface area contributed by atoms with Gasteiger partial charge in [-0.05, 0) is 49.3 Å². The molecule has 0 aliphatic heterocycles. The van der Waals surface area contributed by atoms with Crippen LogP contribution in [0.1, 0.15) is 57.0 Å². The van der Waals surface area contributed by atoms with Crippen molar-refractivity contribution in [2.24, 2.45) is 17.6 Å². The molecule has 2 aromatic heterocycles. The zero-order valence-corrected chi connectivity index (χ0v) is 23.8. The fraction of sp³-hybridized carbons (Fsp3) is 0.367. The molecule has 0 bridgehead atoms. The molecule has 41 heavy (non-hydrogen) atoms. The van der Waals surface area contributed by atoms with Gasteiger partial charge in [0.2, 0.25) is 5.95 Å². The molecule has 4 aromatic rings. The summed E-state index contributed by atoms with van der Waals surface area (Å²) in [6, 6.07) is 16.4. The van der Waals surface area contributed by atoms with Crippen molar-refractivity contribution in [1.82, 2.24) is 19.5 Å². The zero-order valence-electron chi connectivity index (χ0n) is 23.0. The van der Waals surface area contributed by atoms with Crippen LogP contribution in [0.2, 0.25) is 5.02 Å². The molecule has 11 heteroatoms. The molecular formula is C30H33ClN7O3-. The monoisotopic (exact) mass is 574 g/mol. The van der Waals surface area contributed by atoms with Gasteiger partial charge in [-0.25, -0.2) is 14.8 Å². The average Bonchev–Trinajstić information content (AvgIpc) is 3.29. The first-order chi connectivity index (χ1) is 19.7. The van der Waals surface area contributed by atoms with E-state index in [2.05, 4.69) is 26.8 Å². The third-order valence-electron chi connectivity index (χ3n) is 7.59. The zero-order chi connectivity index (χ0) is 29.1. The van der Waals surface area contributed by atoms with Crippen LogP contribution in [-0.2, 0) is 11.3 Å². The lowest BCUT2D eigenvalue weighted by Gasteiger charge is -2.28. The van der Waals surface area contributed by atoms with Crippen LogP contribution in [0.4, 0.5) is 10.7 Å². The van der Waals surface area contributed by atoms with Crippen LogP contribution < -0.4 is 11.1 Å². The van der Waals surface area contributed by atoms with Gasteiger partial charge < -0.3 is 30.9 Å². The van der Waals surface area contributed by atoms with Gasteiger partial charge in [-0.15, -0.1) is 0 Å². The number of hydrogen-bond acceptors (Lipinski definition) is 7. The van der Waals surface area contributed by atoms with Crippen LogP contribution in [0, 0.1) is 11.8 Å². The van der Waals surface area contributed by atoms with Gasteiger partial charge in [0.05, 0.1) is 18.0 Å². The Labute approximate surface area is 243 Å². The molecule has 2 atom stereocenters. The minimum Gasteiger partial charge on any atom is -0.767 e. The number of ether oxygens (including phenoxy) is 1. The van der Waals surface area contributed by atoms with Crippen molar-refractivity contribution in [3.05, 3.63) is 76.4 Å². The predicted octanol–water partition coefficient (Wildman–Crippen LogP) is 5.92. The number of rotatable bonds is 8. The van der Waals surface area contributed by atoms with Crippen molar-refractivity contribution < 1.29 is 14.6 Å². The summed E-state index contributed by atoms with van der Waals surface area (Å²) in [7, 11) is 0. The van der Waals surface area contributed by atoms with Gasteiger partial charge in [0.15, 0.2) is 11.5 Å². The van der Waals surface area contributed by atoms with E-state index in [0.29, 0.717) is 46.1 Å². The van der Waals surface area contributed by atoms with E-state index in [1.807, 2.05) is 36.4 Å². The van der Waals surface area contributed by atoms with Crippen molar-refractivity contribution in [3.63, 3.8) is 0 Å². The highest BCUT2D eigenvalue weighted by Crippen LogP contribution is 2.36. The van der Waals surface area contributed by atoms with Crippen LogP contribution in [0.15, 0.2) is 54.6 Å². The first-order valence-corrected chi connectivity index (χ1v) is 14.1. The first-order valence-electron chi connectivity index (χ1n) is 13.8. The van der Waals surface area contributed by atoms with Gasteiger partial charge in [-0.1, -0.05) is 73.8 Å². The van der Waals surface area contributed by atoms with E-state index in [1.165, 1.54) is 0 Å². The summed E-state index contributed by atoms with van der Waals surface area (Å²) in [5, 5.41) is 25.2. The summed E-state index contributed by atoms with van der Waals surface area (Å²) in [5.41, 5.74) is 8.04. The molecule has 2 heterocycles. The van der Waals surface area contributed by atoms with Gasteiger partial charge in [0, 0.05) is 17.1 Å². The van der Waals surface area contributed by atoms with E-state index in [9.17, 15) is 15.3 Å². The van der Waals surface area contributed by atoms with Crippen LogP contribution in [0.3, 0.4) is 0 Å². The Hall–Kier alpha value is -4.02. The SMILES string of the molecule is CC1CCC(Cn2c(N[C@H](c3ccccc3)[C@H](C)O)nc3nc(C(=[N-])OC(N)=O)nc(-c4cccc(Cl)c4)c32)CC1. The number of nitrogens with one attached hydrogen (secondary N) is 1. The number of nitrogens with zero attached hydrogens (tertiary/aromatic N) is 5. The standard InChI is InChI=1S/C30H33ClN7O3/c1-17-11-13-19(14-12-17)16-38-25-24(21-9-6-10-22(31)15-21)34-28(26(32)41-29(33)40)36-27(25)37-30(38)35-23(18(2)39)20-7-4-3-5-8-20/h3-10,15,17-19,23,39H,11-14,16H2,1-2H3,(H2,33,40)(H,34,35,36,37)/q-1/t17?,18-,19?,23-/m0/s1. The molecule has 0 unspecified atom stereocenters. The molecule has 1 aliphatic rings. The second-order valence-corrected chi connectivity index (χ2v) is 11.2. The van der Waals surface area contributed by atoms with E-state index < -0.39 is 24.1 Å². The number of fused-ring (bicyclic) bond motifs is 1. The Bertz CT molecular complexity index is 1550. The van der Waals surface area contributed by atoms with Crippen LogP contribution in [0.25, 0.3) is 27.8 Å². The van der Waals surface area contributed by atoms with Gasteiger partial charge in [-0.2, -0.15) is 4.98 Å². The maximum Gasteiger partial charge on any atom is 0.408 e. The number of imidazole rings is 1. The number of carbonyl (C=O) groups excluding carboxylic acids is 1. The number of anilines is 1. The number of nitrogens with two attached hydrogens (primary N) is 1. The van der Waals surface area contributed by atoms with E-state index in [0.717, 1.165) is 31.2 Å². The maximum atomic E-state index is 11.4. The molecular weight excluding hydrogens is 542 g/mol. The van der Waals surface area contributed by atoms with Gasteiger partial charge >= 0.3 is 6.09 Å². The van der Waals surface area contributed by atoms with Crippen LogP contribution in [-0.4, -0.2) is 42.7 Å². The van der Waals surface area contributed by atoms with Crippen molar-refractivity contribution in [3.8, 4) is 11.3 Å². The molecule has 10 nitrogen and oxygen atoms in total. The van der Waals surface area contributed by atoms with Crippen molar-refractivity contribution in [2.45, 2.75) is 58.2 Å². The van der Waals surface area contributed by atoms with Crippen molar-refractivity contribution in [2.75, 3.05) is 5.32 Å². The highest BCUT2D eigenvalue weighted by molar-refractivity contribution is 6.30. The Morgan fingerprint density at radius 3 is 2.54 bits per heavy atom. The van der Waals surface area contributed by atoms with Gasteiger partial charge in [-0.3, -0.25) is 0 Å². The second-order valence-electron chi connectivity index (χ2n) is 10.7. The third kappa shape index (κ3) is 6.49. The molecule has 214 valence electrons. The highest BCUT2D eigenvalue weighted by Gasteiger charge is 2.27. The van der Waals surface area contributed by atoms with Crippen molar-refractivity contribution in [1.29, 1.82) is 0 Å². The maximum absolute atomic E-state index is 11.4. The van der Waals surface area contributed by atoms with E-state index in [4.69, 9.17) is 27.1 Å². The number of hydrogen-bond donors (Lipinski definition) is 3. The summed E-state index contributed by atoms with van der Waals surface area (Å²) in [6.45, 7) is 4.66. The second kappa shape index (κ2) is 12.2. The number of aliphatic hydroxyl groups excluding tert-OH is 1. The molecule has 0 radical (unpaired) electrons. The summed E-state index contributed by atoms with van der Waals surface area (Å²) in [5.74, 6) is 0.510. The molecule has 1 fully saturated rings. The summed E-state index contributed by atoms with van der Waals surface area (Å²) < 4.78 is 6.75. The normalized spacial score (nSPS) is 18.5. The molecule has 4 N–H and O–H groups in total. The van der Waals surface area contributed by atoms with Crippen LogP contribution in [0.5, 0.6) is 0 Å². The summed E-state index contributed by atoms with van der Waals surface area (Å²) in [6.07, 6.45) is 2.51. The quantitative estimate of drug-likeness (QED) is 0.174. The van der Waals surface area contributed by atoms with Gasteiger partial charge in [0.25, 0.3) is 0 Å². The van der Waals surface area contributed by atoms with Crippen LogP contribution >= 0.6 is 11.6 Å². The lowest BCUT2D eigenvalue weighted by atomic mass is 9.83. The number of primary amides is 1. The topological polar surface area (TPSA) is 150 Å². The van der Waals surface area contributed by atoms with E-state index in [1.54, 1.807) is 25.1 Å². The number of aliphatic hydroxyl groups is 1. The molecule has 1 amide bonds. The Balaban J connectivity index is 1.70. The molecule has 0 spiro atoms.